The Morgan fingerprint density at radius 2 is 1.87 bits per heavy atom. The van der Waals surface area contributed by atoms with Crippen LogP contribution >= 0.6 is 0 Å². The molecule has 0 unspecified atom stereocenters. The molecule has 1 aliphatic rings. The number of nitrogens with one attached hydrogen (secondary N) is 3. The minimum absolute atomic E-state index is 0.0558. The number of piperidine rings is 1. The van der Waals surface area contributed by atoms with Crippen molar-refractivity contribution in [1.82, 2.24) is 20.9 Å². The Kier molecular flexibility index (Phi) is 8.37. The zero-order chi connectivity index (χ0) is 17.3. The zero-order valence-electron chi connectivity index (χ0n) is 15.5. The van der Waals surface area contributed by atoms with E-state index >= 15 is 0 Å². The van der Waals surface area contributed by atoms with Crippen LogP contribution in [0.3, 0.4) is 0 Å². The topological polar surface area (TPSA) is 68.8 Å². The molecule has 1 amide bonds. The van der Waals surface area contributed by atoms with E-state index in [1.54, 1.807) is 0 Å². The summed E-state index contributed by atoms with van der Waals surface area (Å²) in [5.41, 5.74) is -0.218. The molecule has 1 heterocycles. The lowest BCUT2D eigenvalue weighted by molar-refractivity contribution is -0.121. The van der Waals surface area contributed by atoms with E-state index in [1.165, 1.54) is 25.9 Å². The summed E-state index contributed by atoms with van der Waals surface area (Å²) in [5.74, 6) is 1.51. The number of likely N-dealkylation sites (tertiary alicyclic amines) is 1. The third-order valence-corrected chi connectivity index (χ3v) is 3.84. The second-order valence-corrected chi connectivity index (χ2v) is 7.44. The summed E-state index contributed by atoms with van der Waals surface area (Å²) < 4.78 is 0. The van der Waals surface area contributed by atoms with E-state index in [2.05, 4.69) is 32.8 Å². The summed E-state index contributed by atoms with van der Waals surface area (Å²) in [5, 5.41) is 9.42. The van der Waals surface area contributed by atoms with Gasteiger partial charge in [0.25, 0.3) is 0 Å². The van der Waals surface area contributed by atoms with E-state index in [0.29, 0.717) is 5.96 Å². The number of guanidine groups is 1. The zero-order valence-corrected chi connectivity index (χ0v) is 15.5. The fourth-order valence-electron chi connectivity index (χ4n) is 2.57. The van der Waals surface area contributed by atoms with Gasteiger partial charge in [0.15, 0.2) is 5.96 Å². The van der Waals surface area contributed by atoms with Crippen molar-refractivity contribution in [3.8, 4) is 0 Å². The molecule has 0 radical (unpaired) electrons. The highest BCUT2D eigenvalue weighted by Gasteiger charge is 2.15. The van der Waals surface area contributed by atoms with Gasteiger partial charge in [0, 0.05) is 25.2 Å². The maximum Gasteiger partial charge on any atom is 0.242 e. The number of aliphatic imine (C=N–C) groups is 1. The number of carbonyl (C=O) groups excluding carboxylic acids is 1. The van der Waals surface area contributed by atoms with Crippen LogP contribution in [0.2, 0.25) is 0 Å². The quantitative estimate of drug-likeness (QED) is 0.507. The van der Waals surface area contributed by atoms with Gasteiger partial charge in [0.1, 0.15) is 6.54 Å². The molecule has 6 heteroatoms. The van der Waals surface area contributed by atoms with Crippen molar-refractivity contribution in [2.45, 2.75) is 53.0 Å². The van der Waals surface area contributed by atoms with Crippen LogP contribution in [-0.2, 0) is 4.79 Å². The van der Waals surface area contributed by atoms with Crippen molar-refractivity contribution in [1.29, 1.82) is 0 Å². The lowest BCUT2D eigenvalue weighted by atomic mass is 9.99. The molecule has 0 aromatic carbocycles. The van der Waals surface area contributed by atoms with E-state index in [-0.39, 0.29) is 18.0 Å². The van der Waals surface area contributed by atoms with Gasteiger partial charge in [-0.2, -0.15) is 0 Å². The molecule has 0 saturated carbocycles. The number of rotatable bonds is 6. The van der Waals surface area contributed by atoms with Gasteiger partial charge in [-0.05, 0) is 59.5 Å². The molecule has 1 fully saturated rings. The highest BCUT2D eigenvalue weighted by molar-refractivity contribution is 5.85. The molecule has 23 heavy (non-hydrogen) atoms. The van der Waals surface area contributed by atoms with Crippen molar-refractivity contribution < 1.29 is 4.79 Å². The van der Waals surface area contributed by atoms with Crippen LogP contribution in [0.15, 0.2) is 4.99 Å². The molecule has 0 aliphatic carbocycles. The molecule has 0 spiro atoms. The molecule has 0 aromatic heterocycles. The molecule has 0 atom stereocenters. The maximum atomic E-state index is 11.8. The lowest BCUT2D eigenvalue weighted by Gasteiger charge is -2.30. The Morgan fingerprint density at radius 3 is 2.43 bits per heavy atom. The average Bonchev–Trinajstić information content (AvgIpc) is 2.45. The summed E-state index contributed by atoms with van der Waals surface area (Å²) in [4.78, 5) is 18.7. The minimum Gasteiger partial charge on any atom is -0.357 e. The summed E-state index contributed by atoms with van der Waals surface area (Å²) in [6.07, 6.45) is 2.59. The molecule has 0 aromatic rings. The van der Waals surface area contributed by atoms with Gasteiger partial charge in [-0.1, -0.05) is 6.92 Å². The summed E-state index contributed by atoms with van der Waals surface area (Å²) >= 11 is 0. The van der Waals surface area contributed by atoms with E-state index in [9.17, 15) is 4.79 Å². The van der Waals surface area contributed by atoms with E-state index in [1.807, 2.05) is 27.7 Å². The predicted molar refractivity (Wildman–Crippen MR) is 96.7 cm³/mol. The normalized spacial score (nSPS) is 17.9. The molecule has 0 bridgehead atoms. The first-order valence-electron chi connectivity index (χ1n) is 8.85. The Bertz CT molecular complexity index is 381. The first kappa shape index (κ1) is 19.7. The number of hydrogen-bond donors (Lipinski definition) is 3. The summed E-state index contributed by atoms with van der Waals surface area (Å²) in [6, 6.07) is 0. The first-order chi connectivity index (χ1) is 10.8. The van der Waals surface area contributed by atoms with Gasteiger partial charge < -0.3 is 20.9 Å². The average molecular weight is 326 g/mol. The second-order valence-electron chi connectivity index (χ2n) is 7.44. The summed E-state index contributed by atoms with van der Waals surface area (Å²) in [7, 11) is 0. The third kappa shape index (κ3) is 9.43. The molecule has 1 rings (SSSR count). The van der Waals surface area contributed by atoms with Gasteiger partial charge in [-0.15, -0.1) is 0 Å². The number of amides is 1. The van der Waals surface area contributed by atoms with Crippen molar-refractivity contribution in [2.24, 2.45) is 10.9 Å². The Labute approximate surface area is 141 Å². The van der Waals surface area contributed by atoms with Gasteiger partial charge >= 0.3 is 0 Å². The second kappa shape index (κ2) is 9.75. The monoisotopic (exact) mass is 325 g/mol. The highest BCUT2D eigenvalue weighted by Crippen LogP contribution is 2.14. The molecular weight excluding hydrogens is 290 g/mol. The lowest BCUT2D eigenvalue weighted by Crippen LogP contribution is -2.45. The van der Waals surface area contributed by atoms with Crippen LogP contribution in [-0.4, -0.2) is 61.6 Å². The van der Waals surface area contributed by atoms with E-state index < -0.39 is 0 Å². The highest BCUT2D eigenvalue weighted by atomic mass is 16.2. The fraction of sp³-hybridized carbons (Fsp3) is 0.882. The van der Waals surface area contributed by atoms with Crippen LogP contribution in [0.1, 0.15) is 47.5 Å². The Morgan fingerprint density at radius 1 is 1.22 bits per heavy atom. The SMILES string of the molecule is CCNC(=NCC(=O)NC(C)(C)C)NCCN1CCC(C)CC1. The van der Waals surface area contributed by atoms with Crippen LogP contribution in [0.25, 0.3) is 0 Å². The molecular formula is C17H35N5O. The number of carbonyl (C=O) groups is 1. The van der Waals surface area contributed by atoms with Gasteiger partial charge in [-0.25, -0.2) is 4.99 Å². The minimum atomic E-state index is -0.218. The molecule has 3 N–H and O–H groups in total. The maximum absolute atomic E-state index is 11.8. The number of hydrogen-bond acceptors (Lipinski definition) is 3. The van der Waals surface area contributed by atoms with Gasteiger partial charge in [0.2, 0.25) is 5.91 Å². The van der Waals surface area contributed by atoms with Crippen LogP contribution in [0.4, 0.5) is 0 Å². The van der Waals surface area contributed by atoms with Gasteiger partial charge in [-0.3, -0.25) is 4.79 Å². The van der Waals surface area contributed by atoms with Crippen LogP contribution in [0, 0.1) is 5.92 Å². The largest absolute Gasteiger partial charge is 0.357 e. The smallest absolute Gasteiger partial charge is 0.242 e. The van der Waals surface area contributed by atoms with E-state index in [4.69, 9.17) is 0 Å². The molecule has 134 valence electrons. The molecule has 6 nitrogen and oxygen atoms in total. The van der Waals surface area contributed by atoms with Crippen molar-refractivity contribution in [3.05, 3.63) is 0 Å². The summed E-state index contributed by atoms with van der Waals surface area (Å²) in [6.45, 7) is 15.4. The van der Waals surface area contributed by atoms with Gasteiger partial charge in [0.05, 0.1) is 0 Å². The first-order valence-corrected chi connectivity index (χ1v) is 8.85. The third-order valence-electron chi connectivity index (χ3n) is 3.84. The molecule has 1 saturated heterocycles. The van der Waals surface area contributed by atoms with Crippen molar-refractivity contribution in [3.63, 3.8) is 0 Å². The standard InChI is InChI=1S/C17H35N5O/c1-6-18-16(20-13-15(23)21-17(3,4)5)19-9-12-22-10-7-14(2)8-11-22/h14H,6-13H2,1-5H3,(H,21,23)(H2,18,19,20). The van der Waals surface area contributed by atoms with Crippen LogP contribution < -0.4 is 16.0 Å². The predicted octanol–water partition coefficient (Wildman–Crippen LogP) is 1.19. The van der Waals surface area contributed by atoms with Crippen molar-refractivity contribution >= 4 is 11.9 Å². The molecule has 1 aliphatic heterocycles. The van der Waals surface area contributed by atoms with Crippen molar-refractivity contribution in [2.75, 3.05) is 39.3 Å². The Balaban J connectivity index is 2.33. The Hall–Kier alpha value is -1.30. The number of nitrogens with zero attached hydrogens (tertiary/aromatic N) is 2. The fourth-order valence-corrected chi connectivity index (χ4v) is 2.57. The van der Waals surface area contributed by atoms with E-state index in [0.717, 1.165) is 25.6 Å². The van der Waals surface area contributed by atoms with Crippen LogP contribution in [0.5, 0.6) is 0 Å².